The number of aliphatic hydroxyl groups is 1. The van der Waals surface area contributed by atoms with Crippen LogP contribution in [0.5, 0.6) is 0 Å². The summed E-state index contributed by atoms with van der Waals surface area (Å²) in [4.78, 5) is 77.4. The number of nitrogens with one attached hydrogen (secondary N) is 5. The minimum Gasteiger partial charge on any atom is -0.480 e. The van der Waals surface area contributed by atoms with E-state index in [2.05, 4.69) is 32.5 Å². The first-order chi connectivity index (χ1) is 23.5. The van der Waals surface area contributed by atoms with E-state index in [1.165, 1.54) is 0 Å². The molecular formula is C32H59N9O8. The quantitative estimate of drug-likeness (QED) is 0.0284. The largest absolute Gasteiger partial charge is 0.480 e. The maximum absolute atomic E-state index is 13.6. The van der Waals surface area contributed by atoms with Gasteiger partial charge in [0.15, 0.2) is 0 Å². The van der Waals surface area contributed by atoms with E-state index < -0.39 is 72.3 Å². The monoisotopic (exact) mass is 697 g/mol. The third-order valence-electron chi connectivity index (χ3n) is 7.63. The Morgan fingerprint density at radius 3 is 1.16 bits per heavy atom. The number of hydrogen-bond donors (Lipinski definition) is 11. The van der Waals surface area contributed by atoms with Crippen LogP contribution in [0.25, 0.3) is 0 Å². The molecule has 5 amide bonds. The normalized spacial score (nSPS) is 13.9. The van der Waals surface area contributed by atoms with Crippen LogP contribution in [0, 0.1) is 12.3 Å². The molecule has 0 saturated heterocycles. The number of carbonyl (C=O) groups is 6. The second kappa shape index (κ2) is 28.1. The number of rotatable bonds is 29. The average molecular weight is 698 g/mol. The summed E-state index contributed by atoms with van der Waals surface area (Å²) in [6.45, 7) is 0.650. The van der Waals surface area contributed by atoms with E-state index in [1.54, 1.807) is 0 Å². The summed E-state index contributed by atoms with van der Waals surface area (Å²) >= 11 is 0. The molecule has 0 aromatic rings. The molecule has 5 atom stereocenters. The molecule has 0 heterocycles. The van der Waals surface area contributed by atoms with Crippen molar-refractivity contribution in [2.75, 3.05) is 32.8 Å². The van der Waals surface area contributed by atoms with Crippen molar-refractivity contribution in [3.63, 3.8) is 0 Å². The minimum absolute atomic E-state index is 0.0588. The lowest BCUT2D eigenvalue weighted by Crippen LogP contribution is -2.59. The number of unbranched alkanes of at least 4 members (excludes halogenated alkanes) is 4. The standard InChI is InChI=1S/C32H59N9O8/c1-2-3-16-27(43)37-26(21-42)31(47)40-23(13-5-9-18-34)29(45)38-22(12-4-8-17-33)28(44)39-24(14-6-10-19-35)30(46)41-25(32(48)49)15-7-11-20-36/h1,22-26,42H,3-21,33-36H2,(H,37,43)(H,38,45)(H,39,44)(H,40,47)(H,41,46)(H,48,49)/t22-,23-,24-,25-,26-/m0/s1. The van der Waals surface area contributed by atoms with Crippen LogP contribution in [0.1, 0.15) is 89.9 Å². The van der Waals surface area contributed by atoms with Crippen molar-refractivity contribution >= 4 is 35.5 Å². The summed E-state index contributed by atoms with van der Waals surface area (Å²) < 4.78 is 0. The molecule has 0 spiro atoms. The Morgan fingerprint density at radius 1 is 0.531 bits per heavy atom. The highest BCUT2D eigenvalue weighted by Gasteiger charge is 2.32. The van der Waals surface area contributed by atoms with E-state index in [4.69, 9.17) is 29.4 Å². The van der Waals surface area contributed by atoms with E-state index in [0.29, 0.717) is 77.5 Å². The van der Waals surface area contributed by atoms with Gasteiger partial charge in [-0.1, -0.05) is 0 Å². The number of amides is 5. The zero-order chi connectivity index (χ0) is 37.0. The van der Waals surface area contributed by atoms with E-state index in [1.807, 2.05) is 0 Å². The minimum atomic E-state index is -1.35. The first kappa shape index (κ1) is 45.2. The second-order valence-corrected chi connectivity index (χ2v) is 11.7. The maximum Gasteiger partial charge on any atom is 0.326 e. The zero-order valence-electron chi connectivity index (χ0n) is 28.6. The zero-order valence-corrected chi connectivity index (χ0v) is 28.6. The second-order valence-electron chi connectivity index (χ2n) is 11.7. The Kier molecular flexibility index (Phi) is 25.9. The fraction of sp³-hybridized carbons (Fsp3) is 0.750. The lowest BCUT2D eigenvalue weighted by Gasteiger charge is -2.27. The van der Waals surface area contributed by atoms with Gasteiger partial charge in [0.1, 0.15) is 30.2 Å². The van der Waals surface area contributed by atoms with E-state index >= 15 is 0 Å². The van der Waals surface area contributed by atoms with Crippen LogP contribution < -0.4 is 49.5 Å². The van der Waals surface area contributed by atoms with Crippen molar-refractivity contribution in [2.45, 2.75) is 120 Å². The summed E-state index contributed by atoms with van der Waals surface area (Å²) in [5.74, 6) is -2.36. The molecule has 0 aliphatic carbocycles. The van der Waals surface area contributed by atoms with E-state index in [9.17, 15) is 39.0 Å². The van der Waals surface area contributed by atoms with Gasteiger partial charge in [0.2, 0.25) is 29.5 Å². The molecule has 15 N–H and O–H groups in total. The molecule has 0 unspecified atom stereocenters. The highest BCUT2D eigenvalue weighted by Crippen LogP contribution is 2.09. The molecule has 0 rings (SSSR count). The number of aliphatic hydroxyl groups excluding tert-OH is 1. The van der Waals surface area contributed by atoms with Crippen LogP contribution in [0.2, 0.25) is 0 Å². The van der Waals surface area contributed by atoms with Gasteiger partial charge in [0.05, 0.1) is 6.61 Å². The fourth-order valence-electron chi connectivity index (χ4n) is 4.77. The van der Waals surface area contributed by atoms with Crippen molar-refractivity contribution in [3.05, 3.63) is 0 Å². The highest BCUT2D eigenvalue weighted by molar-refractivity contribution is 5.96. The molecule has 0 aliphatic heterocycles. The molecule has 0 bridgehead atoms. The van der Waals surface area contributed by atoms with Crippen molar-refractivity contribution < 1.29 is 39.0 Å². The van der Waals surface area contributed by atoms with Crippen molar-refractivity contribution in [1.29, 1.82) is 0 Å². The van der Waals surface area contributed by atoms with Gasteiger partial charge in [-0.05, 0) is 103 Å². The Balaban J connectivity index is 6.02. The van der Waals surface area contributed by atoms with Gasteiger partial charge in [-0.2, -0.15) is 0 Å². The van der Waals surface area contributed by atoms with Gasteiger partial charge >= 0.3 is 5.97 Å². The number of terminal acetylenes is 1. The first-order valence-electron chi connectivity index (χ1n) is 17.1. The van der Waals surface area contributed by atoms with E-state index in [-0.39, 0.29) is 38.5 Å². The third-order valence-corrected chi connectivity index (χ3v) is 7.63. The topological polar surface area (TPSA) is 307 Å². The lowest BCUT2D eigenvalue weighted by molar-refractivity contribution is -0.142. The molecule has 0 fully saturated rings. The van der Waals surface area contributed by atoms with Crippen molar-refractivity contribution in [1.82, 2.24) is 26.6 Å². The molecular weight excluding hydrogens is 638 g/mol. The summed E-state index contributed by atoms with van der Waals surface area (Å²) in [5, 5.41) is 32.2. The number of aliphatic carboxylic acids is 1. The Hall–Kier alpha value is -3.82. The first-order valence-corrected chi connectivity index (χ1v) is 17.1. The molecule has 0 saturated carbocycles. The smallest absolute Gasteiger partial charge is 0.326 e. The molecule has 0 radical (unpaired) electrons. The number of carbonyl (C=O) groups excluding carboxylic acids is 5. The molecule has 0 aliphatic rings. The number of hydrogen-bond acceptors (Lipinski definition) is 11. The number of nitrogens with two attached hydrogens (primary N) is 4. The Labute approximate surface area is 289 Å². The fourth-order valence-corrected chi connectivity index (χ4v) is 4.77. The highest BCUT2D eigenvalue weighted by atomic mass is 16.4. The van der Waals surface area contributed by atoms with Gasteiger partial charge in [-0.25, -0.2) is 4.79 Å². The van der Waals surface area contributed by atoms with Crippen molar-refractivity contribution in [2.24, 2.45) is 22.9 Å². The molecule has 0 aromatic heterocycles. The van der Waals surface area contributed by atoms with Gasteiger partial charge in [0, 0.05) is 12.8 Å². The van der Waals surface area contributed by atoms with Gasteiger partial charge < -0.3 is 59.7 Å². The average Bonchev–Trinajstić information content (AvgIpc) is 3.07. The van der Waals surface area contributed by atoms with Crippen LogP contribution in [-0.2, 0) is 28.8 Å². The van der Waals surface area contributed by atoms with E-state index in [0.717, 1.165) is 0 Å². The maximum atomic E-state index is 13.6. The van der Waals surface area contributed by atoms with Crippen molar-refractivity contribution in [3.8, 4) is 12.3 Å². The SMILES string of the molecule is C#CCCC(=O)N[C@@H](CO)C(=O)N[C@@H](CCCCN)C(=O)N[C@@H](CCCCN)C(=O)N[C@@H](CCCCN)C(=O)N[C@@H](CCCCN)C(=O)O. The Bertz CT molecular complexity index is 1060. The molecule has 0 aromatic carbocycles. The van der Waals surface area contributed by atoms with Crippen LogP contribution in [0.15, 0.2) is 0 Å². The van der Waals surface area contributed by atoms with Crippen LogP contribution in [-0.4, -0.2) is 109 Å². The Morgan fingerprint density at radius 2 is 0.857 bits per heavy atom. The number of carboxylic acid groups (broad SMARTS) is 1. The predicted octanol–water partition coefficient (Wildman–Crippen LogP) is -2.58. The molecule has 17 nitrogen and oxygen atoms in total. The summed E-state index contributed by atoms with van der Waals surface area (Å²) in [7, 11) is 0. The summed E-state index contributed by atoms with van der Waals surface area (Å²) in [6.07, 6.45) is 9.90. The number of carboxylic acids is 1. The predicted molar refractivity (Wildman–Crippen MR) is 184 cm³/mol. The third kappa shape index (κ3) is 20.3. The van der Waals surface area contributed by atoms with Gasteiger partial charge in [-0.15, -0.1) is 12.3 Å². The lowest BCUT2D eigenvalue weighted by atomic mass is 10.0. The van der Waals surface area contributed by atoms with Crippen LogP contribution >= 0.6 is 0 Å². The van der Waals surface area contributed by atoms with Gasteiger partial charge in [0.25, 0.3) is 0 Å². The molecule has 17 heteroatoms. The molecule has 280 valence electrons. The molecule has 49 heavy (non-hydrogen) atoms. The van der Waals surface area contributed by atoms with Crippen LogP contribution in [0.4, 0.5) is 0 Å². The van der Waals surface area contributed by atoms with Gasteiger partial charge in [-0.3, -0.25) is 24.0 Å². The summed E-state index contributed by atoms with van der Waals surface area (Å²) in [6, 6.07) is -5.95. The van der Waals surface area contributed by atoms with Crippen LogP contribution in [0.3, 0.4) is 0 Å². The summed E-state index contributed by atoms with van der Waals surface area (Å²) in [5.41, 5.74) is 22.4.